The van der Waals surface area contributed by atoms with Crippen LogP contribution in [0.4, 0.5) is 14.5 Å². The van der Waals surface area contributed by atoms with Crippen LogP contribution in [0.3, 0.4) is 0 Å². The molecule has 0 aliphatic rings. The van der Waals surface area contributed by atoms with E-state index in [4.69, 9.17) is 0 Å². The molecule has 0 spiro atoms. The molecule has 5 heteroatoms. The molecule has 1 unspecified atom stereocenters. The Balaban J connectivity index is 2.77. The van der Waals surface area contributed by atoms with Crippen LogP contribution in [0.15, 0.2) is 12.1 Å². The highest BCUT2D eigenvalue weighted by atomic mass is 19.1. The normalized spacial score (nSPS) is 12.6. The Morgan fingerprint density at radius 3 is 2.44 bits per heavy atom. The molecule has 0 aromatic carbocycles. The Morgan fingerprint density at radius 1 is 1.31 bits per heavy atom. The molecule has 16 heavy (non-hydrogen) atoms. The highest BCUT2D eigenvalue weighted by Gasteiger charge is 2.18. The number of hydrogen-bond donors (Lipinski definition) is 1. The van der Waals surface area contributed by atoms with Gasteiger partial charge in [-0.1, -0.05) is 20.8 Å². The Bertz CT molecular complexity index is 394. The van der Waals surface area contributed by atoms with E-state index in [0.29, 0.717) is 0 Å². The monoisotopic (exact) mass is 228 g/mol. The summed E-state index contributed by atoms with van der Waals surface area (Å²) >= 11 is 0. The minimum Gasteiger partial charge on any atom is -0.322 e. The van der Waals surface area contributed by atoms with E-state index in [0.717, 1.165) is 12.1 Å². The molecular weight excluding hydrogens is 214 g/mol. The lowest BCUT2D eigenvalue weighted by Gasteiger charge is -2.15. The molecule has 0 saturated carbocycles. The van der Waals surface area contributed by atoms with Crippen LogP contribution in [0, 0.1) is 23.7 Å². The summed E-state index contributed by atoms with van der Waals surface area (Å²) < 4.78 is 25.6. The number of amides is 1. The molecule has 1 rings (SSSR count). The van der Waals surface area contributed by atoms with E-state index in [2.05, 4.69) is 10.3 Å². The summed E-state index contributed by atoms with van der Waals surface area (Å²) in [4.78, 5) is 14.6. The van der Waals surface area contributed by atoms with Crippen molar-refractivity contribution in [2.24, 2.45) is 11.8 Å². The number of rotatable bonds is 3. The van der Waals surface area contributed by atoms with Gasteiger partial charge < -0.3 is 5.32 Å². The summed E-state index contributed by atoms with van der Waals surface area (Å²) in [6.07, 6.45) is 0. The number of anilines is 1. The number of pyridine rings is 1. The molecule has 0 radical (unpaired) electrons. The van der Waals surface area contributed by atoms with Crippen molar-refractivity contribution in [3.63, 3.8) is 0 Å². The van der Waals surface area contributed by atoms with Gasteiger partial charge in [-0.2, -0.15) is 13.8 Å². The zero-order valence-electron chi connectivity index (χ0n) is 9.42. The standard InChI is InChI=1S/C11H14F2N2O/c1-6(2)7(3)11(16)14-8-4-5-9(12)15-10(8)13/h4-7H,1-3H3,(H,14,16). The number of carbonyl (C=O) groups is 1. The molecule has 1 aromatic heterocycles. The smallest absolute Gasteiger partial charge is 0.239 e. The summed E-state index contributed by atoms with van der Waals surface area (Å²) in [6, 6.07) is 2.15. The van der Waals surface area contributed by atoms with Crippen molar-refractivity contribution in [2.45, 2.75) is 20.8 Å². The Morgan fingerprint density at radius 2 is 1.94 bits per heavy atom. The molecule has 88 valence electrons. The van der Waals surface area contributed by atoms with Gasteiger partial charge in [0, 0.05) is 5.92 Å². The third kappa shape index (κ3) is 2.98. The van der Waals surface area contributed by atoms with Gasteiger partial charge in [0.2, 0.25) is 17.8 Å². The number of halogens is 2. The zero-order valence-corrected chi connectivity index (χ0v) is 9.42. The van der Waals surface area contributed by atoms with Gasteiger partial charge >= 0.3 is 0 Å². The average Bonchev–Trinajstić information content (AvgIpc) is 2.20. The summed E-state index contributed by atoms with van der Waals surface area (Å²) in [7, 11) is 0. The van der Waals surface area contributed by atoms with Crippen molar-refractivity contribution in [1.82, 2.24) is 4.98 Å². The van der Waals surface area contributed by atoms with E-state index in [9.17, 15) is 13.6 Å². The molecule has 0 saturated heterocycles. The van der Waals surface area contributed by atoms with Crippen molar-refractivity contribution >= 4 is 11.6 Å². The van der Waals surface area contributed by atoms with E-state index in [1.807, 2.05) is 13.8 Å². The number of aromatic nitrogens is 1. The summed E-state index contributed by atoms with van der Waals surface area (Å²) in [5.41, 5.74) is -0.0982. The predicted molar refractivity (Wildman–Crippen MR) is 56.8 cm³/mol. The van der Waals surface area contributed by atoms with Gasteiger partial charge in [0.25, 0.3) is 0 Å². The summed E-state index contributed by atoms with van der Waals surface area (Å²) in [5.74, 6) is -2.32. The lowest BCUT2D eigenvalue weighted by Crippen LogP contribution is -2.25. The summed E-state index contributed by atoms with van der Waals surface area (Å²) in [6.45, 7) is 5.53. The van der Waals surface area contributed by atoms with Gasteiger partial charge in [-0.05, 0) is 18.1 Å². The van der Waals surface area contributed by atoms with Crippen LogP contribution in [0.1, 0.15) is 20.8 Å². The number of nitrogens with zero attached hydrogens (tertiary/aromatic N) is 1. The van der Waals surface area contributed by atoms with Crippen LogP contribution >= 0.6 is 0 Å². The van der Waals surface area contributed by atoms with E-state index in [1.54, 1.807) is 6.92 Å². The van der Waals surface area contributed by atoms with Crippen LogP contribution < -0.4 is 5.32 Å². The van der Waals surface area contributed by atoms with Crippen molar-refractivity contribution < 1.29 is 13.6 Å². The minimum atomic E-state index is -1.01. The number of nitrogens with one attached hydrogen (secondary N) is 1. The molecule has 0 bridgehead atoms. The van der Waals surface area contributed by atoms with Crippen molar-refractivity contribution in [3.05, 3.63) is 24.0 Å². The third-order valence-electron chi connectivity index (χ3n) is 2.49. The number of carbonyl (C=O) groups excluding carboxylic acids is 1. The second kappa shape index (κ2) is 5.01. The molecular formula is C11H14F2N2O. The van der Waals surface area contributed by atoms with E-state index in [-0.39, 0.29) is 23.4 Å². The van der Waals surface area contributed by atoms with E-state index >= 15 is 0 Å². The average molecular weight is 228 g/mol. The molecule has 3 nitrogen and oxygen atoms in total. The van der Waals surface area contributed by atoms with Gasteiger partial charge in [0.15, 0.2) is 0 Å². The van der Waals surface area contributed by atoms with E-state index in [1.165, 1.54) is 0 Å². The van der Waals surface area contributed by atoms with Crippen molar-refractivity contribution in [3.8, 4) is 0 Å². The molecule has 1 atom stereocenters. The maximum absolute atomic E-state index is 13.1. The largest absolute Gasteiger partial charge is 0.322 e. The fourth-order valence-corrected chi connectivity index (χ4v) is 1.05. The lowest BCUT2D eigenvalue weighted by molar-refractivity contribution is -0.120. The van der Waals surface area contributed by atoms with Crippen molar-refractivity contribution in [2.75, 3.05) is 5.32 Å². The van der Waals surface area contributed by atoms with Crippen LogP contribution in [-0.4, -0.2) is 10.9 Å². The lowest BCUT2D eigenvalue weighted by atomic mass is 9.97. The molecule has 1 amide bonds. The molecule has 0 aliphatic carbocycles. The molecule has 1 aromatic rings. The quantitative estimate of drug-likeness (QED) is 0.808. The maximum atomic E-state index is 13.1. The molecule has 0 aliphatic heterocycles. The Kier molecular flexibility index (Phi) is 3.93. The number of hydrogen-bond acceptors (Lipinski definition) is 2. The fraction of sp³-hybridized carbons (Fsp3) is 0.455. The van der Waals surface area contributed by atoms with Crippen molar-refractivity contribution in [1.29, 1.82) is 0 Å². The van der Waals surface area contributed by atoms with Crippen LogP contribution in [-0.2, 0) is 4.79 Å². The fourth-order valence-electron chi connectivity index (χ4n) is 1.05. The van der Waals surface area contributed by atoms with Crippen LogP contribution in [0.2, 0.25) is 0 Å². The highest BCUT2D eigenvalue weighted by molar-refractivity contribution is 5.92. The first-order valence-electron chi connectivity index (χ1n) is 5.04. The molecule has 0 fully saturated rings. The molecule has 1 heterocycles. The second-order valence-electron chi connectivity index (χ2n) is 3.99. The maximum Gasteiger partial charge on any atom is 0.239 e. The van der Waals surface area contributed by atoms with Gasteiger partial charge in [-0.25, -0.2) is 0 Å². The first-order chi connectivity index (χ1) is 7.41. The van der Waals surface area contributed by atoms with Crippen LogP contribution in [0.25, 0.3) is 0 Å². The first-order valence-corrected chi connectivity index (χ1v) is 5.04. The Labute approximate surface area is 92.9 Å². The predicted octanol–water partition coefficient (Wildman–Crippen LogP) is 2.59. The zero-order chi connectivity index (χ0) is 12.3. The minimum absolute atomic E-state index is 0.0982. The van der Waals surface area contributed by atoms with Gasteiger partial charge in [-0.15, -0.1) is 0 Å². The second-order valence-corrected chi connectivity index (χ2v) is 3.99. The van der Waals surface area contributed by atoms with Gasteiger partial charge in [0.1, 0.15) is 0 Å². The third-order valence-corrected chi connectivity index (χ3v) is 2.49. The highest BCUT2D eigenvalue weighted by Crippen LogP contribution is 2.16. The first kappa shape index (κ1) is 12.5. The summed E-state index contributed by atoms with van der Waals surface area (Å²) in [5, 5.41) is 2.38. The van der Waals surface area contributed by atoms with E-state index < -0.39 is 11.9 Å². The van der Waals surface area contributed by atoms with Gasteiger partial charge in [0.05, 0.1) is 5.69 Å². The topological polar surface area (TPSA) is 42.0 Å². The molecule has 1 N–H and O–H groups in total. The van der Waals surface area contributed by atoms with Crippen LogP contribution in [0.5, 0.6) is 0 Å². The van der Waals surface area contributed by atoms with Gasteiger partial charge in [-0.3, -0.25) is 4.79 Å². The Hall–Kier alpha value is -1.52. The SMILES string of the molecule is CC(C)C(C)C(=O)Nc1ccc(F)nc1F.